The highest BCUT2D eigenvalue weighted by Crippen LogP contribution is 2.44. The van der Waals surface area contributed by atoms with Crippen molar-refractivity contribution in [1.29, 1.82) is 0 Å². The normalized spacial score (nSPS) is 11.1. The Morgan fingerprint density at radius 1 is 0.867 bits per heavy atom. The van der Waals surface area contributed by atoms with E-state index >= 15 is 0 Å². The highest BCUT2D eigenvalue weighted by molar-refractivity contribution is 6.17. The third-order valence-electron chi connectivity index (χ3n) is 5.71. The molecule has 0 aliphatic heterocycles. The molecule has 144 valence electrons. The van der Waals surface area contributed by atoms with Crippen LogP contribution >= 0.6 is 0 Å². The molecule has 5 aromatic rings. The van der Waals surface area contributed by atoms with Gasteiger partial charge in [0, 0.05) is 28.0 Å². The van der Waals surface area contributed by atoms with Gasteiger partial charge >= 0.3 is 0 Å². The number of aryl methyl sites for hydroxylation is 3. The Bertz CT molecular complexity index is 1470. The lowest BCUT2D eigenvalue weighted by atomic mass is 9.95. The van der Waals surface area contributed by atoms with E-state index in [9.17, 15) is 0 Å². The molecule has 3 aromatic carbocycles. The van der Waals surface area contributed by atoms with Crippen LogP contribution in [0.2, 0.25) is 0 Å². The van der Waals surface area contributed by atoms with Gasteiger partial charge < -0.3 is 4.42 Å². The molecule has 3 heteroatoms. The summed E-state index contributed by atoms with van der Waals surface area (Å²) in [6.45, 7) is 11.9. The van der Waals surface area contributed by atoms with E-state index in [0.717, 1.165) is 38.8 Å². The van der Waals surface area contributed by atoms with Crippen molar-refractivity contribution in [2.45, 2.75) is 13.8 Å². The molecule has 0 N–H and O–H groups in total. The van der Waals surface area contributed by atoms with Crippen LogP contribution in [0.4, 0.5) is 5.69 Å². The summed E-state index contributed by atoms with van der Waals surface area (Å²) in [6.07, 6.45) is 2.14. The van der Waals surface area contributed by atoms with Gasteiger partial charge in [0.2, 0.25) is 5.69 Å². The van der Waals surface area contributed by atoms with E-state index < -0.39 is 0 Å². The molecule has 2 aromatic heterocycles. The Morgan fingerprint density at radius 3 is 2.40 bits per heavy atom. The monoisotopic (exact) mass is 389 g/mol. The third kappa shape index (κ3) is 2.69. The summed E-state index contributed by atoms with van der Waals surface area (Å²) in [7, 11) is 2.08. The smallest absolute Gasteiger partial charge is 0.213 e. The Hall–Kier alpha value is -3.90. The van der Waals surface area contributed by atoms with Crippen LogP contribution in [0.25, 0.3) is 49.2 Å². The molecule has 0 radical (unpaired) electrons. The largest absolute Gasteiger partial charge is 0.457 e. The van der Waals surface area contributed by atoms with Crippen molar-refractivity contribution in [3.63, 3.8) is 0 Å². The molecular formula is C27H21N2O+. The molecule has 0 aliphatic rings. The predicted molar refractivity (Wildman–Crippen MR) is 122 cm³/mol. The molecule has 0 spiro atoms. The van der Waals surface area contributed by atoms with Crippen LogP contribution in [-0.4, -0.2) is 0 Å². The predicted octanol–water partition coefficient (Wildman–Crippen LogP) is 6.91. The van der Waals surface area contributed by atoms with Crippen LogP contribution in [0, 0.1) is 20.4 Å². The summed E-state index contributed by atoms with van der Waals surface area (Å²) < 4.78 is 8.58. The van der Waals surface area contributed by atoms with Crippen LogP contribution in [-0.2, 0) is 7.05 Å². The summed E-state index contributed by atoms with van der Waals surface area (Å²) in [4.78, 5) is 3.78. The quantitative estimate of drug-likeness (QED) is 0.237. The molecule has 0 bridgehead atoms. The van der Waals surface area contributed by atoms with Gasteiger partial charge in [0.25, 0.3) is 0 Å². The molecule has 0 atom stereocenters. The first-order valence-corrected chi connectivity index (χ1v) is 9.97. The van der Waals surface area contributed by atoms with Gasteiger partial charge in [-0.05, 0) is 37.1 Å². The Balaban J connectivity index is 1.94. The fraction of sp³-hybridized carbons (Fsp3) is 0.111. The van der Waals surface area contributed by atoms with Gasteiger partial charge in [0.15, 0.2) is 11.9 Å². The van der Waals surface area contributed by atoms with Crippen molar-refractivity contribution in [2.24, 2.45) is 7.05 Å². The van der Waals surface area contributed by atoms with E-state index in [2.05, 4.69) is 54.7 Å². The van der Waals surface area contributed by atoms with Crippen LogP contribution in [0.3, 0.4) is 0 Å². The zero-order valence-corrected chi connectivity index (χ0v) is 17.2. The highest BCUT2D eigenvalue weighted by Gasteiger charge is 2.23. The fourth-order valence-corrected chi connectivity index (χ4v) is 4.34. The minimum Gasteiger partial charge on any atom is -0.457 e. The van der Waals surface area contributed by atoms with Gasteiger partial charge in [-0.25, -0.2) is 9.41 Å². The lowest BCUT2D eigenvalue weighted by molar-refractivity contribution is -0.660. The molecule has 0 unspecified atom stereocenters. The number of hydrogen-bond acceptors (Lipinski definition) is 1. The third-order valence-corrected chi connectivity index (χ3v) is 5.71. The first-order valence-electron chi connectivity index (χ1n) is 9.97. The SMILES string of the molecule is [C-]#[N+]c1ccc2c(oc3ccc(C)c(-c4ccc(C)c[n+]4C)c32)c1-c1ccccc1. The molecule has 0 saturated heterocycles. The molecule has 0 amide bonds. The van der Waals surface area contributed by atoms with Crippen LogP contribution < -0.4 is 4.57 Å². The topological polar surface area (TPSA) is 21.4 Å². The van der Waals surface area contributed by atoms with E-state index in [1.54, 1.807) is 0 Å². The summed E-state index contributed by atoms with van der Waals surface area (Å²) >= 11 is 0. The zero-order chi connectivity index (χ0) is 20.8. The molecule has 0 saturated carbocycles. The van der Waals surface area contributed by atoms with Gasteiger partial charge in [0.05, 0.1) is 12.1 Å². The van der Waals surface area contributed by atoms with Crippen molar-refractivity contribution in [3.05, 3.63) is 95.5 Å². The minimum atomic E-state index is 0.604. The number of fused-ring (bicyclic) bond motifs is 3. The van der Waals surface area contributed by atoms with Crippen LogP contribution in [0.1, 0.15) is 11.1 Å². The van der Waals surface area contributed by atoms with Crippen molar-refractivity contribution in [3.8, 4) is 22.4 Å². The Morgan fingerprint density at radius 2 is 1.67 bits per heavy atom. The van der Waals surface area contributed by atoms with E-state index in [1.165, 1.54) is 16.7 Å². The number of aromatic nitrogens is 1. The summed E-state index contributed by atoms with van der Waals surface area (Å²) in [5.41, 5.74) is 8.79. The molecule has 3 nitrogen and oxygen atoms in total. The number of benzene rings is 3. The van der Waals surface area contributed by atoms with Gasteiger partial charge in [-0.1, -0.05) is 48.5 Å². The molecule has 2 heterocycles. The van der Waals surface area contributed by atoms with Gasteiger partial charge in [-0.2, -0.15) is 0 Å². The van der Waals surface area contributed by atoms with Crippen molar-refractivity contribution in [2.75, 3.05) is 0 Å². The second-order valence-corrected chi connectivity index (χ2v) is 7.75. The second-order valence-electron chi connectivity index (χ2n) is 7.75. The first kappa shape index (κ1) is 18.1. The number of hydrogen-bond donors (Lipinski definition) is 0. The average Bonchev–Trinajstić information content (AvgIpc) is 3.13. The number of rotatable bonds is 2. The molecule has 30 heavy (non-hydrogen) atoms. The van der Waals surface area contributed by atoms with Crippen molar-refractivity contribution < 1.29 is 8.98 Å². The van der Waals surface area contributed by atoms with Crippen molar-refractivity contribution in [1.82, 2.24) is 0 Å². The number of pyridine rings is 1. The summed E-state index contributed by atoms with van der Waals surface area (Å²) in [5.74, 6) is 0. The first-order chi connectivity index (χ1) is 14.6. The Labute approximate surface area is 175 Å². The van der Waals surface area contributed by atoms with E-state index in [4.69, 9.17) is 11.0 Å². The molecule has 0 aliphatic carbocycles. The maximum Gasteiger partial charge on any atom is 0.213 e. The van der Waals surface area contributed by atoms with Gasteiger partial charge in [-0.15, -0.1) is 0 Å². The zero-order valence-electron chi connectivity index (χ0n) is 17.2. The maximum absolute atomic E-state index is 7.68. The molecule has 5 rings (SSSR count). The number of furan rings is 1. The lowest BCUT2D eigenvalue weighted by Crippen LogP contribution is -2.31. The fourth-order valence-electron chi connectivity index (χ4n) is 4.34. The van der Waals surface area contributed by atoms with Crippen LogP contribution in [0.15, 0.2) is 77.3 Å². The Kier molecular flexibility index (Phi) is 4.15. The molecule has 0 fully saturated rings. The lowest BCUT2D eigenvalue weighted by Gasteiger charge is -2.07. The van der Waals surface area contributed by atoms with Gasteiger partial charge in [-0.3, -0.25) is 0 Å². The number of nitrogens with zero attached hydrogens (tertiary/aromatic N) is 2. The maximum atomic E-state index is 7.68. The van der Waals surface area contributed by atoms with Crippen molar-refractivity contribution >= 4 is 27.6 Å². The average molecular weight is 389 g/mol. The highest BCUT2D eigenvalue weighted by atomic mass is 16.3. The second kappa shape index (κ2) is 6.86. The summed E-state index contributed by atoms with van der Waals surface area (Å²) in [6, 6.07) is 22.4. The standard InChI is InChI=1S/C27H21N2O/c1-17-10-14-22(29(4)16-17)24-18(2)11-15-23-26(24)20-12-13-21(28-3)25(27(20)30-23)19-8-6-5-7-9-19/h5-16H,1-2,4H3/q+1. The van der Waals surface area contributed by atoms with Crippen LogP contribution in [0.5, 0.6) is 0 Å². The minimum absolute atomic E-state index is 0.604. The van der Waals surface area contributed by atoms with E-state index in [1.807, 2.05) is 48.5 Å². The van der Waals surface area contributed by atoms with E-state index in [-0.39, 0.29) is 0 Å². The molecular weight excluding hydrogens is 368 g/mol. The summed E-state index contributed by atoms with van der Waals surface area (Å²) in [5, 5.41) is 2.13. The van der Waals surface area contributed by atoms with Gasteiger partial charge in [0.1, 0.15) is 18.2 Å². The van der Waals surface area contributed by atoms with E-state index in [0.29, 0.717) is 5.69 Å².